The van der Waals surface area contributed by atoms with E-state index in [1.54, 1.807) is 7.05 Å². The molecule has 1 aromatic heterocycles. The number of nitrogens with one attached hydrogen (secondary N) is 2. The van der Waals surface area contributed by atoms with Gasteiger partial charge < -0.3 is 29.9 Å². The van der Waals surface area contributed by atoms with Gasteiger partial charge in [-0.25, -0.2) is 4.98 Å². The first-order valence-corrected chi connectivity index (χ1v) is 10.5. The number of ether oxygens (including phenoxy) is 2. The van der Waals surface area contributed by atoms with Crippen LogP contribution in [-0.2, 0) is 6.54 Å². The number of pyridine rings is 1. The molecular weight excluding hydrogens is 507 g/mol. The molecule has 1 fully saturated rings. The van der Waals surface area contributed by atoms with E-state index in [9.17, 15) is 0 Å². The summed E-state index contributed by atoms with van der Waals surface area (Å²) in [6, 6.07) is 9.96. The molecule has 2 aliphatic heterocycles. The van der Waals surface area contributed by atoms with Crippen molar-refractivity contribution in [3.05, 3.63) is 42.1 Å². The van der Waals surface area contributed by atoms with Crippen LogP contribution in [-0.4, -0.2) is 69.3 Å². The molecule has 2 aliphatic rings. The van der Waals surface area contributed by atoms with Gasteiger partial charge in [-0.15, -0.1) is 24.0 Å². The van der Waals surface area contributed by atoms with Crippen molar-refractivity contribution >= 4 is 41.4 Å². The lowest BCUT2D eigenvalue weighted by Crippen LogP contribution is -2.45. The Morgan fingerprint density at radius 3 is 2.65 bits per heavy atom. The van der Waals surface area contributed by atoms with E-state index in [2.05, 4.69) is 43.5 Å². The second kappa shape index (κ2) is 11.4. The van der Waals surface area contributed by atoms with Gasteiger partial charge in [-0.3, -0.25) is 4.99 Å². The van der Waals surface area contributed by atoms with Crippen LogP contribution in [0.5, 0.6) is 11.5 Å². The Balaban J connectivity index is 0.00000272. The molecular formula is C22H31IN6O2. The minimum atomic E-state index is 0. The summed E-state index contributed by atoms with van der Waals surface area (Å²) < 4.78 is 11.5. The van der Waals surface area contributed by atoms with Crippen molar-refractivity contribution in [2.75, 3.05) is 63.7 Å². The van der Waals surface area contributed by atoms with Gasteiger partial charge in [0.15, 0.2) is 17.5 Å². The van der Waals surface area contributed by atoms with Gasteiger partial charge in [-0.1, -0.05) is 6.07 Å². The maximum absolute atomic E-state index is 5.78. The number of aliphatic imine (C=N–C) groups is 1. The van der Waals surface area contributed by atoms with Crippen molar-refractivity contribution in [3.63, 3.8) is 0 Å². The molecule has 0 saturated carbocycles. The topological polar surface area (TPSA) is 74.3 Å². The summed E-state index contributed by atoms with van der Waals surface area (Å²) in [5.41, 5.74) is 2.06. The fourth-order valence-corrected chi connectivity index (χ4v) is 3.61. The molecule has 0 amide bonds. The minimum absolute atomic E-state index is 0. The molecule has 0 atom stereocenters. The molecule has 4 rings (SSSR count). The predicted octanol–water partition coefficient (Wildman–Crippen LogP) is 2.80. The number of halogens is 1. The Bertz CT molecular complexity index is 886. The Morgan fingerprint density at radius 2 is 1.87 bits per heavy atom. The SMILES string of the molecule is CN=C(NCc1cccnc1N1CCN(C)CC1)Nc1ccc2c(c1)OCCCO2.I. The van der Waals surface area contributed by atoms with Gasteiger partial charge in [0.2, 0.25) is 0 Å². The average molecular weight is 538 g/mol. The maximum atomic E-state index is 5.78. The Kier molecular flexibility index (Phi) is 8.59. The van der Waals surface area contributed by atoms with Gasteiger partial charge in [0.25, 0.3) is 0 Å². The van der Waals surface area contributed by atoms with Crippen LogP contribution in [0.3, 0.4) is 0 Å². The number of hydrogen-bond donors (Lipinski definition) is 2. The normalized spacial score (nSPS) is 16.8. The quantitative estimate of drug-likeness (QED) is 0.353. The summed E-state index contributed by atoms with van der Waals surface area (Å²) in [5, 5.41) is 6.74. The smallest absolute Gasteiger partial charge is 0.195 e. The molecule has 3 heterocycles. The van der Waals surface area contributed by atoms with Gasteiger partial charge >= 0.3 is 0 Å². The summed E-state index contributed by atoms with van der Waals surface area (Å²) >= 11 is 0. The van der Waals surface area contributed by atoms with Gasteiger partial charge in [-0.05, 0) is 25.2 Å². The fraction of sp³-hybridized carbons (Fsp3) is 0.455. The molecule has 9 heteroatoms. The first kappa shape index (κ1) is 23.4. The lowest BCUT2D eigenvalue weighted by Gasteiger charge is -2.34. The molecule has 0 bridgehead atoms. The maximum Gasteiger partial charge on any atom is 0.195 e. The third-order valence-electron chi connectivity index (χ3n) is 5.35. The van der Waals surface area contributed by atoms with Gasteiger partial charge in [0.1, 0.15) is 5.82 Å². The van der Waals surface area contributed by atoms with Crippen LogP contribution in [0.25, 0.3) is 0 Å². The largest absolute Gasteiger partial charge is 0.490 e. The Morgan fingerprint density at radius 1 is 1.10 bits per heavy atom. The summed E-state index contributed by atoms with van der Waals surface area (Å²) in [4.78, 5) is 13.7. The van der Waals surface area contributed by atoms with Crippen molar-refractivity contribution in [2.24, 2.45) is 4.99 Å². The minimum Gasteiger partial charge on any atom is -0.490 e. The standard InChI is InChI=1S/C22H30N6O2.HI/c1-23-22(26-18-6-7-19-20(15-18)30-14-4-13-29-19)25-16-17-5-3-8-24-21(17)28-11-9-27(2)10-12-28;/h3,5-8,15H,4,9-14,16H2,1-2H3,(H2,23,25,26);1H. The van der Waals surface area contributed by atoms with Crippen LogP contribution < -0.4 is 25.0 Å². The number of benzene rings is 1. The molecule has 2 aromatic rings. The molecule has 168 valence electrons. The number of nitrogens with zero attached hydrogens (tertiary/aromatic N) is 4. The van der Waals surface area contributed by atoms with Crippen LogP contribution in [0, 0.1) is 0 Å². The zero-order chi connectivity index (χ0) is 20.8. The van der Waals surface area contributed by atoms with E-state index in [1.807, 2.05) is 30.5 Å². The fourth-order valence-electron chi connectivity index (χ4n) is 3.61. The predicted molar refractivity (Wildman–Crippen MR) is 135 cm³/mol. The molecule has 0 radical (unpaired) electrons. The summed E-state index contributed by atoms with van der Waals surface area (Å²) in [7, 11) is 3.93. The van der Waals surface area contributed by atoms with Crippen LogP contribution in [0.1, 0.15) is 12.0 Å². The highest BCUT2D eigenvalue weighted by atomic mass is 127. The highest BCUT2D eigenvalue weighted by Gasteiger charge is 2.18. The monoisotopic (exact) mass is 538 g/mol. The lowest BCUT2D eigenvalue weighted by molar-refractivity contribution is 0.297. The van der Waals surface area contributed by atoms with Gasteiger partial charge in [0, 0.05) is 69.7 Å². The number of rotatable bonds is 4. The first-order chi connectivity index (χ1) is 14.7. The molecule has 8 nitrogen and oxygen atoms in total. The Labute approximate surface area is 201 Å². The average Bonchev–Trinajstić information content (AvgIpc) is 3.02. The van der Waals surface area contributed by atoms with Crippen molar-refractivity contribution in [2.45, 2.75) is 13.0 Å². The number of anilines is 2. The van der Waals surface area contributed by atoms with E-state index >= 15 is 0 Å². The number of aromatic nitrogens is 1. The molecule has 1 aromatic carbocycles. The van der Waals surface area contributed by atoms with Crippen molar-refractivity contribution in [1.29, 1.82) is 0 Å². The summed E-state index contributed by atoms with van der Waals surface area (Å²) in [6.45, 7) is 6.08. The van der Waals surface area contributed by atoms with Crippen molar-refractivity contribution < 1.29 is 9.47 Å². The second-order valence-corrected chi connectivity index (χ2v) is 7.54. The van der Waals surface area contributed by atoms with Gasteiger partial charge in [0.05, 0.1) is 13.2 Å². The van der Waals surface area contributed by atoms with E-state index in [0.29, 0.717) is 25.7 Å². The molecule has 0 unspecified atom stereocenters. The van der Waals surface area contributed by atoms with Gasteiger partial charge in [-0.2, -0.15) is 0 Å². The number of hydrogen-bond acceptors (Lipinski definition) is 6. The van der Waals surface area contributed by atoms with Crippen LogP contribution in [0.2, 0.25) is 0 Å². The van der Waals surface area contributed by atoms with Crippen LogP contribution >= 0.6 is 24.0 Å². The Hall–Kier alpha value is -2.27. The molecule has 2 N–H and O–H groups in total. The number of fused-ring (bicyclic) bond motifs is 1. The molecule has 0 aliphatic carbocycles. The van der Waals surface area contributed by atoms with Crippen LogP contribution in [0.15, 0.2) is 41.5 Å². The third kappa shape index (κ3) is 6.13. The second-order valence-electron chi connectivity index (χ2n) is 7.54. The number of piperazine rings is 1. The lowest BCUT2D eigenvalue weighted by atomic mass is 10.2. The van der Waals surface area contributed by atoms with Crippen molar-refractivity contribution in [1.82, 2.24) is 15.2 Å². The summed E-state index contributed by atoms with van der Waals surface area (Å²) in [6.07, 6.45) is 2.75. The first-order valence-electron chi connectivity index (χ1n) is 10.5. The number of likely N-dealkylation sites (N-methyl/N-ethyl adjacent to an activating group) is 1. The zero-order valence-electron chi connectivity index (χ0n) is 18.1. The zero-order valence-corrected chi connectivity index (χ0v) is 20.5. The van der Waals surface area contributed by atoms with E-state index in [4.69, 9.17) is 9.47 Å². The number of guanidine groups is 1. The summed E-state index contributed by atoms with van der Waals surface area (Å²) in [5.74, 6) is 3.28. The van der Waals surface area contributed by atoms with E-state index in [0.717, 1.165) is 61.2 Å². The van der Waals surface area contributed by atoms with E-state index in [1.165, 1.54) is 0 Å². The highest BCUT2D eigenvalue weighted by Crippen LogP contribution is 2.32. The highest BCUT2D eigenvalue weighted by molar-refractivity contribution is 14.0. The van der Waals surface area contributed by atoms with Crippen LogP contribution in [0.4, 0.5) is 11.5 Å². The third-order valence-corrected chi connectivity index (χ3v) is 5.35. The molecule has 1 saturated heterocycles. The molecule has 31 heavy (non-hydrogen) atoms. The van der Waals surface area contributed by atoms with E-state index < -0.39 is 0 Å². The van der Waals surface area contributed by atoms with Crippen molar-refractivity contribution in [3.8, 4) is 11.5 Å². The molecule has 0 spiro atoms. The van der Waals surface area contributed by atoms with E-state index in [-0.39, 0.29) is 24.0 Å².